The van der Waals surface area contributed by atoms with E-state index in [-0.39, 0.29) is 65.5 Å². The van der Waals surface area contributed by atoms with Crippen molar-refractivity contribution in [1.82, 2.24) is 5.32 Å². The van der Waals surface area contributed by atoms with Gasteiger partial charge in [-0.05, 0) is 25.7 Å². The van der Waals surface area contributed by atoms with E-state index >= 15 is 0 Å². The first-order chi connectivity index (χ1) is 16.0. The zero-order valence-corrected chi connectivity index (χ0v) is 25.6. The van der Waals surface area contributed by atoms with Crippen LogP contribution in [0.4, 0.5) is 0 Å². The van der Waals surface area contributed by atoms with E-state index in [4.69, 9.17) is 0 Å². The first-order valence-corrected chi connectivity index (χ1v) is 11.7. The van der Waals surface area contributed by atoms with E-state index in [2.05, 4.69) is 24.4 Å². The van der Waals surface area contributed by atoms with Crippen LogP contribution in [0.15, 0.2) is 72.9 Å². The summed E-state index contributed by atoms with van der Waals surface area (Å²) in [6, 6.07) is -1.38. The van der Waals surface area contributed by atoms with E-state index in [9.17, 15) is 24.6 Å². The third-order valence-electron chi connectivity index (χ3n) is 4.60. The number of nitrogens with one attached hydrogen (secondary N) is 1. The van der Waals surface area contributed by atoms with Crippen LogP contribution in [0.2, 0.25) is 0 Å². The normalized spacial score (nSPS) is 12.6. The SMILES string of the molecule is CCCCCCCCCC=CC=CC=CC=CC=CC=CC(=O)N[C@@H](CCC(=O)[O-])C(=O)[O-].[Na+].[Na+]. The number of carboxylic acid groups (broad SMARTS) is 2. The van der Waals surface area contributed by atoms with E-state index in [1.807, 2.05) is 30.4 Å². The second-order valence-corrected chi connectivity index (χ2v) is 7.53. The van der Waals surface area contributed by atoms with Crippen LogP contribution in [0, 0.1) is 0 Å². The minimum Gasteiger partial charge on any atom is -0.550 e. The van der Waals surface area contributed by atoms with Gasteiger partial charge in [-0.25, -0.2) is 0 Å². The Labute approximate surface area is 255 Å². The molecular weight excluding hydrogens is 464 g/mol. The van der Waals surface area contributed by atoms with Crippen molar-refractivity contribution in [2.75, 3.05) is 0 Å². The van der Waals surface area contributed by atoms with Gasteiger partial charge in [0.1, 0.15) is 0 Å². The van der Waals surface area contributed by atoms with Gasteiger partial charge in [0.25, 0.3) is 0 Å². The summed E-state index contributed by atoms with van der Waals surface area (Å²) in [6.45, 7) is 2.24. The monoisotopic (exact) mass is 501 g/mol. The summed E-state index contributed by atoms with van der Waals surface area (Å²) in [4.78, 5) is 32.9. The van der Waals surface area contributed by atoms with Gasteiger partial charge < -0.3 is 25.1 Å². The van der Waals surface area contributed by atoms with Gasteiger partial charge in [0, 0.05) is 12.0 Å². The number of carboxylic acids is 2. The zero-order chi connectivity index (χ0) is 24.6. The molecule has 0 saturated heterocycles. The molecule has 1 amide bonds. The predicted molar refractivity (Wildman–Crippen MR) is 129 cm³/mol. The van der Waals surface area contributed by atoms with Crippen molar-refractivity contribution in [3.8, 4) is 0 Å². The van der Waals surface area contributed by atoms with Gasteiger partial charge in [-0.15, -0.1) is 0 Å². The first-order valence-electron chi connectivity index (χ1n) is 11.7. The number of aliphatic carboxylic acids is 2. The van der Waals surface area contributed by atoms with Gasteiger partial charge >= 0.3 is 59.1 Å². The Hall–Kier alpha value is -1.15. The van der Waals surface area contributed by atoms with Crippen LogP contribution < -0.4 is 74.6 Å². The molecule has 0 spiro atoms. The van der Waals surface area contributed by atoms with Crippen molar-refractivity contribution >= 4 is 17.8 Å². The molecule has 0 rings (SSSR count). The minimum absolute atomic E-state index is 0. The van der Waals surface area contributed by atoms with E-state index < -0.39 is 30.3 Å². The summed E-state index contributed by atoms with van der Waals surface area (Å²) < 4.78 is 0. The van der Waals surface area contributed by atoms with Crippen molar-refractivity contribution in [1.29, 1.82) is 0 Å². The number of hydrogen-bond donors (Lipinski definition) is 1. The number of rotatable bonds is 19. The molecule has 0 fully saturated rings. The summed E-state index contributed by atoms with van der Waals surface area (Å²) >= 11 is 0. The topological polar surface area (TPSA) is 109 Å². The molecular formula is C27H37NNa2O5. The minimum atomic E-state index is -1.54. The molecule has 0 bridgehead atoms. The van der Waals surface area contributed by atoms with Crippen molar-refractivity contribution in [2.24, 2.45) is 0 Å². The summed E-state index contributed by atoms with van der Waals surface area (Å²) in [5.41, 5.74) is 0. The Balaban J connectivity index is -0.00000512. The maximum Gasteiger partial charge on any atom is 1.00 e. The average Bonchev–Trinajstić information content (AvgIpc) is 2.77. The largest absolute Gasteiger partial charge is 1.00 e. The quantitative estimate of drug-likeness (QED) is 0.0893. The number of hydrogen-bond acceptors (Lipinski definition) is 5. The fraction of sp³-hybridized carbons (Fsp3) is 0.444. The fourth-order valence-corrected chi connectivity index (χ4v) is 2.78. The van der Waals surface area contributed by atoms with E-state index in [0.29, 0.717) is 0 Å². The molecule has 0 aliphatic heterocycles. The van der Waals surface area contributed by atoms with Crippen LogP contribution in [-0.4, -0.2) is 23.9 Å². The average molecular weight is 502 g/mol. The molecule has 182 valence electrons. The van der Waals surface area contributed by atoms with Gasteiger partial charge in [0.05, 0.1) is 12.0 Å². The Morgan fingerprint density at radius 1 is 0.714 bits per heavy atom. The van der Waals surface area contributed by atoms with Gasteiger partial charge in [-0.1, -0.05) is 112 Å². The predicted octanol–water partition coefficient (Wildman–Crippen LogP) is -2.76. The van der Waals surface area contributed by atoms with Crippen molar-refractivity contribution in [2.45, 2.75) is 77.2 Å². The second-order valence-electron chi connectivity index (χ2n) is 7.53. The molecule has 0 aromatic heterocycles. The van der Waals surface area contributed by atoms with Crippen molar-refractivity contribution in [3.63, 3.8) is 0 Å². The molecule has 0 heterocycles. The molecule has 0 saturated carbocycles. The Morgan fingerprint density at radius 3 is 1.71 bits per heavy atom. The number of amides is 1. The molecule has 6 nitrogen and oxygen atoms in total. The summed E-state index contributed by atoms with van der Waals surface area (Å²) in [7, 11) is 0. The standard InChI is InChI=1S/C27H39NO5.2Na/c1-2-3-4-5-6-7-8-9-10-11-12-13-14-15-16-17-18-19-20-21-25(29)28-24(27(32)33)22-23-26(30)31;;/h10-21,24H,2-9,22-23H2,1H3,(H,28,29)(H,30,31)(H,32,33);;/q;2*+1/p-2/t24-;;/m0../s1. The summed E-state index contributed by atoms with van der Waals surface area (Å²) in [6.07, 6.45) is 31.1. The molecule has 0 aliphatic carbocycles. The molecule has 1 atom stereocenters. The molecule has 0 unspecified atom stereocenters. The maximum atomic E-state index is 11.7. The molecule has 8 heteroatoms. The Morgan fingerprint density at radius 2 is 1.20 bits per heavy atom. The number of carbonyl (C=O) groups excluding carboxylic acids is 3. The molecule has 35 heavy (non-hydrogen) atoms. The van der Waals surface area contributed by atoms with Gasteiger partial charge in [-0.3, -0.25) is 4.79 Å². The summed E-state index contributed by atoms with van der Waals surface area (Å²) in [5, 5.41) is 23.5. The number of allylic oxidation sites excluding steroid dienone is 11. The van der Waals surface area contributed by atoms with Gasteiger partial charge in [-0.2, -0.15) is 0 Å². The molecule has 0 aliphatic rings. The second kappa shape index (κ2) is 29.1. The number of unbranched alkanes of at least 4 members (excludes halogenated alkanes) is 7. The Kier molecular flexibility index (Phi) is 31.9. The van der Waals surface area contributed by atoms with Crippen LogP contribution in [0.5, 0.6) is 0 Å². The van der Waals surface area contributed by atoms with Gasteiger partial charge in [0.2, 0.25) is 5.91 Å². The van der Waals surface area contributed by atoms with Crippen LogP contribution in [0.3, 0.4) is 0 Å². The van der Waals surface area contributed by atoms with Crippen LogP contribution >= 0.6 is 0 Å². The van der Waals surface area contributed by atoms with Crippen LogP contribution in [-0.2, 0) is 14.4 Å². The number of carbonyl (C=O) groups is 3. The third kappa shape index (κ3) is 29.0. The maximum absolute atomic E-state index is 11.7. The van der Waals surface area contributed by atoms with E-state index in [1.165, 1.54) is 51.0 Å². The molecule has 0 aromatic rings. The first kappa shape index (κ1) is 38.4. The summed E-state index contributed by atoms with van der Waals surface area (Å²) in [5.74, 6) is -3.58. The molecule has 0 radical (unpaired) electrons. The third-order valence-corrected chi connectivity index (χ3v) is 4.60. The van der Waals surface area contributed by atoms with E-state index in [0.717, 1.165) is 12.5 Å². The Bertz CT molecular complexity index is 740. The van der Waals surface area contributed by atoms with Crippen LogP contribution in [0.25, 0.3) is 0 Å². The van der Waals surface area contributed by atoms with Crippen molar-refractivity contribution < 1.29 is 83.7 Å². The smallest absolute Gasteiger partial charge is 0.550 e. The van der Waals surface area contributed by atoms with Gasteiger partial charge in [0.15, 0.2) is 0 Å². The molecule has 0 aromatic carbocycles. The fourth-order valence-electron chi connectivity index (χ4n) is 2.78. The zero-order valence-electron chi connectivity index (χ0n) is 21.6. The van der Waals surface area contributed by atoms with E-state index in [1.54, 1.807) is 18.2 Å². The molecule has 1 N–H and O–H groups in total. The van der Waals surface area contributed by atoms with Crippen molar-refractivity contribution in [3.05, 3.63) is 72.9 Å². The van der Waals surface area contributed by atoms with Crippen LogP contribution in [0.1, 0.15) is 71.1 Å².